The van der Waals surface area contributed by atoms with Crippen LogP contribution >= 0.6 is 7.92 Å². The minimum Gasteiger partial charge on any atom is -0.351 e. The summed E-state index contributed by atoms with van der Waals surface area (Å²) < 4.78 is 0. The summed E-state index contributed by atoms with van der Waals surface area (Å²) in [4.78, 5) is 13.0. The van der Waals surface area contributed by atoms with Crippen molar-refractivity contribution in [2.75, 3.05) is 0 Å². The molecule has 168 valence electrons. The fraction of sp³-hybridized carbons (Fsp3) is 0.0333. The smallest absolute Gasteiger partial charge is 0.351 e. The molecule has 1 amide bonds. The summed E-state index contributed by atoms with van der Waals surface area (Å²) >= 11 is 0. The number of hydrogen-bond donors (Lipinski definition) is 1. The van der Waals surface area contributed by atoms with Crippen LogP contribution in [-0.4, -0.2) is 5.91 Å². The molecule has 3 aromatic carbocycles. The molecule has 0 spiro atoms. The summed E-state index contributed by atoms with van der Waals surface area (Å²) in [5, 5.41) is 5.56. The van der Waals surface area contributed by atoms with Gasteiger partial charge in [-0.3, -0.25) is 4.79 Å². The predicted molar refractivity (Wildman–Crippen MR) is 138 cm³/mol. The maximum absolute atomic E-state index is 13.0. The number of amides is 1. The third-order valence-corrected chi connectivity index (χ3v) is 7.66. The average molecular weight is 503 g/mol. The van der Waals surface area contributed by atoms with Crippen molar-refractivity contribution in [1.29, 1.82) is 0 Å². The molecule has 0 saturated heterocycles. The van der Waals surface area contributed by atoms with Gasteiger partial charge in [0.15, 0.2) is 0 Å². The Morgan fingerprint density at radius 3 is 1.59 bits per heavy atom. The van der Waals surface area contributed by atoms with Gasteiger partial charge in [-0.25, -0.2) is 0 Å². The first kappa shape index (κ1) is 26.7. The average Bonchev–Trinajstić information content (AvgIpc) is 3.61. The topological polar surface area (TPSA) is 29.1 Å². The first-order valence-corrected chi connectivity index (χ1v) is 12.3. The van der Waals surface area contributed by atoms with Gasteiger partial charge >= 0.3 is 17.1 Å². The van der Waals surface area contributed by atoms with Crippen LogP contribution in [0.15, 0.2) is 91.0 Å². The molecule has 2 saturated carbocycles. The van der Waals surface area contributed by atoms with E-state index in [0.29, 0.717) is 6.54 Å². The zero-order valence-electron chi connectivity index (χ0n) is 18.7. The summed E-state index contributed by atoms with van der Waals surface area (Å²) in [6.45, 7) is 0.527. The van der Waals surface area contributed by atoms with E-state index in [1.54, 1.807) is 0 Å². The molecule has 0 atom stereocenters. The van der Waals surface area contributed by atoms with Gasteiger partial charge in [0.25, 0.3) is 0 Å². The Labute approximate surface area is 217 Å². The first-order chi connectivity index (χ1) is 16.3. The van der Waals surface area contributed by atoms with Crippen molar-refractivity contribution in [3.63, 3.8) is 0 Å². The Hall–Kier alpha value is -1.92. The van der Waals surface area contributed by atoms with Crippen LogP contribution in [0.25, 0.3) is 0 Å². The molecule has 2 fully saturated rings. The molecule has 0 heterocycles. The molecule has 2 aliphatic rings. The van der Waals surface area contributed by atoms with Gasteiger partial charge in [-0.2, -0.15) is 0 Å². The van der Waals surface area contributed by atoms with Crippen LogP contribution in [0, 0.1) is 62.9 Å². The minimum atomic E-state index is -0.788. The fourth-order valence-electron chi connectivity index (χ4n) is 3.57. The molecular weight excluding hydrogens is 477 g/mol. The van der Waals surface area contributed by atoms with Gasteiger partial charge in [0, 0.05) is 12.2 Å². The molecule has 10 radical (unpaired) electrons. The number of carbonyl (C=O) groups excluding carboxylic acids is 1. The van der Waals surface area contributed by atoms with Gasteiger partial charge in [0.1, 0.15) is 0 Å². The van der Waals surface area contributed by atoms with Crippen LogP contribution in [-0.2, 0) is 28.4 Å². The maximum atomic E-state index is 13.0. The van der Waals surface area contributed by atoms with E-state index in [9.17, 15) is 4.79 Å². The van der Waals surface area contributed by atoms with Gasteiger partial charge in [-0.05, 0) is 75.5 Å². The van der Waals surface area contributed by atoms with E-state index in [0.717, 1.165) is 17.1 Å². The van der Waals surface area contributed by atoms with E-state index in [-0.39, 0.29) is 23.0 Å². The molecule has 3 aromatic rings. The van der Waals surface area contributed by atoms with E-state index in [1.165, 1.54) is 10.6 Å². The minimum absolute atomic E-state index is 0. The zero-order valence-corrected chi connectivity index (χ0v) is 20.7. The molecule has 1 N–H and O–H groups in total. The predicted octanol–water partition coefficient (Wildman–Crippen LogP) is 5.19. The van der Waals surface area contributed by atoms with Crippen LogP contribution in [0.3, 0.4) is 0 Å². The second kappa shape index (κ2) is 14.5. The second-order valence-electron chi connectivity index (χ2n) is 7.46. The van der Waals surface area contributed by atoms with Crippen molar-refractivity contribution in [2.45, 2.75) is 6.54 Å². The molecule has 0 bridgehead atoms. The van der Waals surface area contributed by atoms with Crippen molar-refractivity contribution < 1.29 is 21.9 Å². The Bertz CT molecular complexity index is 916. The van der Waals surface area contributed by atoms with E-state index in [1.807, 2.05) is 87.4 Å². The molecule has 0 aromatic heterocycles. The summed E-state index contributed by atoms with van der Waals surface area (Å²) in [6.07, 6.45) is 16.0. The van der Waals surface area contributed by atoms with Crippen LogP contribution in [0.5, 0.6) is 0 Å². The summed E-state index contributed by atoms with van der Waals surface area (Å²) in [7, 11) is -0.788. The molecular formula is C30H26FeNOP+2. The van der Waals surface area contributed by atoms with Gasteiger partial charge < -0.3 is 5.32 Å². The first-order valence-electron chi connectivity index (χ1n) is 11.0. The molecule has 2 aliphatic carbocycles. The quantitative estimate of drug-likeness (QED) is 0.364. The molecule has 5 rings (SSSR count). The van der Waals surface area contributed by atoms with E-state index < -0.39 is 7.92 Å². The SMILES string of the molecule is O=C(NCc1ccccc1)[C]1[CH][CH][CH][C]1P(c1ccccc1)c1ccccc1.[CH]1[CH][CH][CH][CH]1.[Fe+2]. The maximum Gasteiger partial charge on any atom is 2.00 e. The van der Waals surface area contributed by atoms with Crippen LogP contribution in [0.1, 0.15) is 5.56 Å². The third-order valence-electron chi connectivity index (χ3n) is 5.16. The number of rotatable bonds is 6. The summed E-state index contributed by atoms with van der Waals surface area (Å²) in [5.41, 5.74) is 2.19. The Morgan fingerprint density at radius 1 is 0.618 bits per heavy atom. The van der Waals surface area contributed by atoms with Crippen molar-refractivity contribution in [1.82, 2.24) is 5.32 Å². The number of carbonyl (C=O) groups is 1. The second-order valence-corrected chi connectivity index (χ2v) is 9.65. The van der Waals surface area contributed by atoms with Crippen molar-refractivity contribution in [2.24, 2.45) is 0 Å². The third kappa shape index (κ3) is 7.54. The van der Waals surface area contributed by atoms with Crippen LogP contribution < -0.4 is 15.9 Å². The molecule has 0 aliphatic heterocycles. The van der Waals surface area contributed by atoms with Gasteiger partial charge in [-0.1, -0.05) is 91.0 Å². The fourth-order valence-corrected chi connectivity index (χ4v) is 6.02. The van der Waals surface area contributed by atoms with Crippen LogP contribution in [0.4, 0.5) is 0 Å². The number of benzene rings is 3. The van der Waals surface area contributed by atoms with Crippen molar-refractivity contribution in [3.8, 4) is 0 Å². The number of nitrogens with one attached hydrogen (secondary N) is 1. The largest absolute Gasteiger partial charge is 2.00 e. The van der Waals surface area contributed by atoms with Gasteiger partial charge in [0.05, 0.1) is 5.92 Å². The molecule has 34 heavy (non-hydrogen) atoms. The standard InChI is InChI=1S/C25H21NOP.C5H5.Fe/c27-25(26-19-20-11-4-1-5-12-20)23-17-10-18-24(23)28(21-13-6-2-7-14-21)22-15-8-3-9-16-22;1-2-4-5-3-1;/h1-18H,19H2,(H,26,27);1-5H;/q;;+2. The Kier molecular flexibility index (Phi) is 11.4. The molecule has 0 unspecified atom stereocenters. The monoisotopic (exact) mass is 503 g/mol. The van der Waals surface area contributed by atoms with Gasteiger partial charge in [-0.15, -0.1) is 0 Å². The van der Waals surface area contributed by atoms with Crippen molar-refractivity contribution >= 4 is 24.4 Å². The normalized spacial score (nSPS) is 15.9. The molecule has 4 heteroatoms. The van der Waals surface area contributed by atoms with E-state index in [2.05, 4.69) is 60.3 Å². The van der Waals surface area contributed by atoms with E-state index >= 15 is 0 Å². The van der Waals surface area contributed by atoms with Crippen LogP contribution in [0.2, 0.25) is 0 Å². The molecule has 2 nitrogen and oxygen atoms in total. The Balaban J connectivity index is 0.000000481. The Morgan fingerprint density at radius 2 is 1.09 bits per heavy atom. The van der Waals surface area contributed by atoms with Gasteiger partial charge in [0.2, 0.25) is 5.91 Å². The zero-order chi connectivity index (χ0) is 22.7. The van der Waals surface area contributed by atoms with E-state index in [4.69, 9.17) is 0 Å². The number of hydrogen-bond acceptors (Lipinski definition) is 1. The summed E-state index contributed by atoms with van der Waals surface area (Å²) in [5.74, 6) is 0.734. The van der Waals surface area contributed by atoms with Crippen molar-refractivity contribution in [3.05, 3.63) is 160 Å². The summed E-state index contributed by atoms with van der Waals surface area (Å²) in [6, 6.07) is 30.9.